The number of nitrogens with zero attached hydrogens (tertiary/aromatic N) is 1. The molecule has 0 fully saturated rings. The van der Waals surface area contributed by atoms with E-state index in [-0.39, 0.29) is 17.5 Å². The summed E-state index contributed by atoms with van der Waals surface area (Å²) in [6.45, 7) is 0.231. The van der Waals surface area contributed by atoms with Crippen molar-refractivity contribution in [1.82, 2.24) is 9.97 Å². The molecule has 1 aromatic carbocycles. The van der Waals surface area contributed by atoms with Crippen molar-refractivity contribution in [3.63, 3.8) is 0 Å². The highest BCUT2D eigenvalue weighted by Crippen LogP contribution is 2.29. The normalized spacial score (nSPS) is 10.8. The molecule has 2 aromatic rings. The second kappa shape index (κ2) is 4.53. The minimum absolute atomic E-state index is 0.231. The molecular formula is C10H8BrClFN3. The van der Waals surface area contributed by atoms with E-state index < -0.39 is 0 Å². The molecule has 3 nitrogen and oxygen atoms in total. The predicted octanol–water partition coefficient (Wildman–Crippen LogP) is 3.09. The van der Waals surface area contributed by atoms with Crippen molar-refractivity contribution in [2.75, 3.05) is 0 Å². The fraction of sp³-hybridized carbons (Fsp3) is 0.100. The summed E-state index contributed by atoms with van der Waals surface area (Å²) in [7, 11) is 0. The van der Waals surface area contributed by atoms with Crippen LogP contribution >= 0.6 is 27.5 Å². The van der Waals surface area contributed by atoms with Crippen LogP contribution in [0.3, 0.4) is 0 Å². The van der Waals surface area contributed by atoms with Gasteiger partial charge in [0.05, 0.1) is 6.54 Å². The van der Waals surface area contributed by atoms with E-state index in [0.29, 0.717) is 17.1 Å². The largest absolute Gasteiger partial charge is 0.331 e. The van der Waals surface area contributed by atoms with Crippen LogP contribution in [0.1, 0.15) is 5.82 Å². The molecule has 0 aliphatic rings. The number of nitrogens with one attached hydrogen (secondary N) is 1. The first kappa shape index (κ1) is 11.6. The van der Waals surface area contributed by atoms with Crippen LogP contribution < -0.4 is 5.73 Å². The molecule has 84 valence electrons. The zero-order valence-electron chi connectivity index (χ0n) is 8.10. The molecule has 0 unspecified atom stereocenters. The molecule has 0 aliphatic carbocycles. The number of benzene rings is 1. The van der Waals surface area contributed by atoms with Gasteiger partial charge >= 0.3 is 0 Å². The zero-order valence-corrected chi connectivity index (χ0v) is 10.4. The number of hydrogen-bond donors (Lipinski definition) is 2. The first-order valence-electron chi connectivity index (χ1n) is 4.51. The van der Waals surface area contributed by atoms with Crippen LogP contribution in [0, 0.1) is 5.82 Å². The van der Waals surface area contributed by atoms with Gasteiger partial charge in [-0.3, -0.25) is 0 Å². The SMILES string of the molecule is NCc1nc(-c2cc(Br)ccc2F)c(Cl)[nH]1. The van der Waals surface area contributed by atoms with Gasteiger partial charge in [0.2, 0.25) is 0 Å². The molecule has 3 N–H and O–H groups in total. The number of rotatable bonds is 2. The van der Waals surface area contributed by atoms with Crippen LogP contribution in [0.5, 0.6) is 0 Å². The number of aromatic amines is 1. The van der Waals surface area contributed by atoms with Gasteiger partial charge in [0.1, 0.15) is 22.5 Å². The Kier molecular flexibility index (Phi) is 3.28. The van der Waals surface area contributed by atoms with Crippen molar-refractivity contribution in [3.8, 4) is 11.3 Å². The second-order valence-corrected chi connectivity index (χ2v) is 4.47. The maximum Gasteiger partial charge on any atom is 0.134 e. The van der Waals surface area contributed by atoms with E-state index in [2.05, 4.69) is 25.9 Å². The topological polar surface area (TPSA) is 54.7 Å². The Morgan fingerprint density at radius 2 is 2.25 bits per heavy atom. The predicted molar refractivity (Wildman–Crippen MR) is 64.6 cm³/mol. The van der Waals surface area contributed by atoms with E-state index >= 15 is 0 Å². The number of halogens is 3. The van der Waals surface area contributed by atoms with Crippen LogP contribution in [-0.4, -0.2) is 9.97 Å². The van der Waals surface area contributed by atoms with Gasteiger partial charge < -0.3 is 10.7 Å². The van der Waals surface area contributed by atoms with Gasteiger partial charge in [-0.25, -0.2) is 9.37 Å². The molecule has 0 bridgehead atoms. The highest BCUT2D eigenvalue weighted by Gasteiger charge is 2.14. The van der Waals surface area contributed by atoms with Gasteiger partial charge in [-0.15, -0.1) is 0 Å². The summed E-state index contributed by atoms with van der Waals surface area (Å²) in [6.07, 6.45) is 0. The smallest absolute Gasteiger partial charge is 0.134 e. The van der Waals surface area contributed by atoms with Gasteiger partial charge in [0, 0.05) is 10.0 Å². The van der Waals surface area contributed by atoms with Gasteiger partial charge in [-0.1, -0.05) is 27.5 Å². The molecule has 0 saturated carbocycles. The first-order valence-corrected chi connectivity index (χ1v) is 5.68. The Balaban J connectivity index is 2.57. The highest BCUT2D eigenvalue weighted by molar-refractivity contribution is 9.10. The quantitative estimate of drug-likeness (QED) is 0.896. The maximum absolute atomic E-state index is 13.6. The number of imidazole rings is 1. The van der Waals surface area contributed by atoms with E-state index in [1.54, 1.807) is 12.1 Å². The van der Waals surface area contributed by atoms with Crippen molar-refractivity contribution < 1.29 is 4.39 Å². The molecule has 0 amide bonds. The Bertz CT molecular complexity index is 527. The molecule has 1 aromatic heterocycles. The van der Waals surface area contributed by atoms with Gasteiger partial charge in [0.15, 0.2) is 0 Å². The molecule has 0 saturated heterocycles. The average Bonchev–Trinajstić information content (AvgIpc) is 2.63. The Morgan fingerprint density at radius 3 is 2.88 bits per heavy atom. The number of nitrogens with two attached hydrogens (primary N) is 1. The summed E-state index contributed by atoms with van der Waals surface area (Å²) >= 11 is 9.20. The van der Waals surface area contributed by atoms with Crippen molar-refractivity contribution in [3.05, 3.63) is 39.5 Å². The maximum atomic E-state index is 13.6. The lowest BCUT2D eigenvalue weighted by atomic mass is 10.1. The van der Waals surface area contributed by atoms with Crippen molar-refractivity contribution in [2.45, 2.75) is 6.54 Å². The van der Waals surface area contributed by atoms with E-state index in [1.807, 2.05) is 0 Å². The molecular weight excluding hydrogens is 296 g/mol. The van der Waals surface area contributed by atoms with E-state index in [1.165, 1.54) is 6.07 Å². The Morgan fingerprint density at radius 1 is 1.50 bits per heavy atom. The van der Waals surface area contributed by atoms with Crippen LogP contribution in [0.2, 0.25) is 5.15 Å². The molecule has 2 rings (SSSR count). The van der Waals surface area contributed by atoms with Crippen molar-refractivity contribution in [1.29, 1.82) is 0 Å². The molecule has 0 aliphatic heterocycles. The number of H-pyrrole nitrogens is 1. The summed E-state index contributed by atoms with van der Waals surface area (Å²) in [5.74, 6) is 0.152. The third-order valence-electron chi connectivity index (χ3n) is 2.09. The van der Waals surface area contributed by atoms with Gasteiger partial charge in [-0.05, 0) is 18.2 Å². The van der Waals surface area contributed by atoms with Gasteiger partial charge in [-0.2, -0.15) is 0 Å². The Labute approximate surface area is 105 Å². The van der Waals surface area contributed by atoms with E-state index in [0.717, 1.165) is 4.47 Å². The summed E-state index contributed by atoms with van der Waals surface area (Å²) in [4.78, 5) is 6.91. The van der Waals surface area contributed by atoms with Crippen LogP contribution in [0.25, 0.3) is 11.3 Å². The summed E-state index contributed by atoms with van der Waals surface area (Å²) in [5, 5.41) is 0.289. The standard InChI is InChI=1S/C10H8BrClFN3/c11-5-1-2-7(13)6(3-5)9-10(12)16-8(4-14)15-9/h1-3H,4,14H2,(H,15,16). The van der Waals surface area contributed by atoms with Crippen molar-refractivity contribution in [2.24, 2.45) is 5.73 Å². The van der Waals surface area contributed by atoms with Gasteiger partial charge in [0.25, 0.3) is 0 Å². The monoisotopic (exact) mass is 303 g/mol. The molecule has 0 atom stereocenters. The summed E-state index contributed by atoms with van der Waals surface area (Å²) < 4.78 is 14.3. The Hall–Kier alpha value is -0.910. The van der Waals surface area contributed by atoms with E-state index in [9.17, 15) is 4.39 Å². The molecule has 0 spiro atoms. The molecule has 16 heavy (non-hydrogen) atoms. The molecule has 6 heteroatoms. The fourth-order valence-electron chi connectivity index (χ4n) is 1.35. The number of aromatic nitrogens is 2. The van der Waals surface area contributed by atoms with Crippen LogP contribution in [0.15, 0.2) is 22.7 Å². The highest BCUT2D eigenvalue weighted by atomic mass is 79.9. The first-order chi connectivity index (χ1) is 7.61. The number of hydrogen-bond acceptors (Lipinski definition) is 2. The van der Waals surface area contributed by atoms with E-state index in [4.69, 9.17) is 17.3 Å². The average molecular weight is 305 g/mol. The lowest BCUT2D eigenvalue weighted by Gasteiger charge is -2.00. The summed E-state index contributed by atoms with van der Waals surface area (Å²) in [6, 6.07) is 4.59. The third kappa shape index (κ3) is 2.11. The van der Waals surface area contributed by atoms with Crippen molar-refractivity contribution >= 4 is 27.5 Å². The second-order valence-electron chi connectivity index (χ2n) is 3.17. The van der Waals surface area contributed by atoms with Crippen LogP contribution in [-0.2, 0) is 6.54 Å². The van der Waals surface area contributed by atoms with Crippen LogP contribution in [0.4, 0.5) is 4.39 Å². The molecule has 0 radical (unpaired) electrons. The minimum Gasteiger partial charge on any atom is -0.331 e. The fourth-order valence-corrected chi connectivity index (χ4v) is 1.97. The third-order valence-corrected chi connectivity index (χ3v) is 2.85. The minimum atomic E-state index is -0.375. The zero-order chi connectivity index (χ0) is 11.7. The lowest BCUT2D eigenvalue weighted by Crippen LogP contribution is -1.98. The molecule has 1 heterocycles. The lowest BCUT2D eigenvalue weighted by molar-refractivity contribution is 0.630. The summed E-state index contributed by atoms with van der Waals surface area (Å²) in [5.41, 5.74) is 6.14.